The quantitative estimate of drug-likeness (QED) is 0.627. The van der Waals surface area contributed by atoms with Gasteiger partial charge in [-0.1, -0.05) is 30.3 Å². The molecular weight excluding hydrogens is 296 g/mol. The summed E-state index contributed by atoms with van der Waals surface area (Å²) in [4.78, 5) is 13.1. The van der Waals surface area contributed by atoms with Crippen molar-refractivity contribution in [2.45, 2.75) is 11.4 Å². The Morgan fingerprint density at radius 1 is 1.24 bits per heavy atom. The molecule has 0 saturated heterocycles. The second kappa shape index (κ2) is 5.85. The first-order chi connectivity index (χ1) is 9.92. The van der Waals surface area contributed by atoms with Gasteiger partial charge in [-0.25, -0.2) is 18.1 Å². The lowest BCUT2D eigenvalue weighted by Gasteiger charge is -2.08. The second-order valence-electron chi connectivity index (χ2n) is 4.11. The number of pyridine rings is 1. The van der Waals surface area contributed by atoms with Gasteiger partial charge in [0.25, 0.3) is 0 Å². The SMILES string of the molecule is Nc1nccc(S(=O)(=O)NCc2ccccc2)c1[N+](=O)[O-]. The van der Waals surface area contributed by atoms with Crippen molar-refractivity contribution in [2.75, 3.05) is 5.73 Å². The van der Waals surface area contributed by atoms with E-state index in [0.29, 0.717) is 0 Å². The number of benzene rings is 1. The van der Waals surface area contributed by atoms with Crippen molar-refractivity contribution in [3.05, 3.63) is 58.3 Å². The van der Waals surface area contributed by atoms with Crippen LogP contribution >= 0.6 is 0 Å². The average Bonchev–Trinajstić information content (AvgIpc) is 2.46. The van der Waals surface area contributed by atoms with E-state index in [1.165, 1.54) is 0 Å². The summed E-state index contributed by atoms with van der Waals surface area (Å²) in [5.41, 5.74) is 5.38. The van der Waals surface area contributed by atoms with E-state index in [2.05, 4.69) is 9.71 Å². The predicted molar refractivity (Wildman–Crippen MR) is 75.8 cm³/mol. The van der Waals surface area contributed by atoms with Crippen LogP contribution in [0.15, 0.2) is 47.5 Å². The van der Waals surface area contributed by atoms with Crippen molar-refractivity contribution in [3.8, 4) is 0 Å². The summed E-state index contributed by atoms with van der Waals surface area (Å²) in [5, 5.41) is 11.0. The van der Waals surface area contributed by atoms with Crippen LogP contribution in [0.5, 0.6) is 0 Å². The van der Waals surface area contributed by atoms with Crippen LogP contribution in [0.4, 0.5) is 11.5 Å². The van der Waals surface area contributed by atoms with Crippen molar-refractivity contribution < 1.29 is 13.3 Å². The van der Waals surface area contributed by atoms with Crippen molar-refractivity contribution in [1.29, 1.82) is 0 Å². The molecule has 0 saturated carbocycles. The first-order valence-corrected chi connectivity index (χ1v) is 7.32. The molecule has 21 heavy (non-hydrogen) atoms. The first-order valence-electron chi connectivity index (χ1n) is 5.84. The molecule has 8 nitrogen and oxygen atoms in total. The Morgan fingerprint density at radius 3 is 2.52 bits per heavy atom. The topological polar surface area (TPSA) is 128 Å². The Kier molecular flexibility index (Phi) is 4.15. The number of aromatic nitrogens is 1. The summed E-state index contributed by atoms with van der Waals surface area (Å²) >= 11 is 0. The molecule has 0 aliphatic heterocycles. The standard InChI is InChI=1S/C12H12N4O4S/c13-12-11(16(17)18)10(6-7-14-12)21(19,20)15-8-9-4-2-1-3-5-9/h1-7,15H,8H2,(H2,13,14). The van der Waals surface area contributed by atoms with Gasteiger partial charge in [0, 0.05) is 12.7 Å². The molecule has 0 fully saturated rings. The van der Waals surface area contributed by atoms with Crippen LogP contribution in [0.2, 0.25) is 0 Å². The number of nitrogen functional groups attached to an aromatic ring is 1. The Hall–Kier alpha value is -2.52. The van der Waals surface area contributed by atoms with E-state index in [-0.39, 0.29) is 6.54 Å². The van der Waals surface area contributed by atoms with Crippen LogP contribution in [-0.2, 0) is 16.6 Å². The molecule has 0 amide bonds. The van der Waals surface area contributed by atoms with E-state index < -0.39 is 31.3 Å². The van der Waals surface area contributed by atoms with Gasteiger partial charge in [-0.3, -0.25) is 10.1 Å². The molecule has 1 heterocycles. The zero-order valence-electron chi connectivity index (χ0n) is 10.8. The molecule has 2 aromatic rings. The third kappa shape index (κ3) is 3.33. The fraction of sp³-hybridized carbons (Fsp3) is 0.0833. The van der Waals surface area contributed by atoms with Crippen molar-refractivity contribution in [3.63, 3.8) is 0 Å². The molecular formula is C12H12N4O4S. The van der Waals surface area contributed by atoms with Gasteiger partial charge in [-0.05, 0) is 11.6 Å². The maximum absolute atomic E-state index is 12.2. The van der Waals surface area contributed by atoms with E-state index in [4.69, 9.17) is 5.73 Å². The molecule has 1 aromatic carbocycles. The van der Waals surface area contributed by atoms with Gasteiger partial charge in [-0.2, -0.15) is 0 Å². The highest BCUT2D eigenvalue weighted by Crippen LogP contribution is 2.27. The highest BCUT2D eigenvalue weighted by Gasteiger charge is 2.28. The van der Waals surface area contributed by atoms with Gasteiger partial charge in [0.1, 0.15) is 0 Å². The summed E-state index contributed by atoms with van der Waals surface area (Å²) in [5.74, 6) is -0.442. The van der Waals surface area contributed by atoms with E-state index >= 15 is 0 Å². The number of nitrogens with zero attached hydrogens (tertiary/aromatic N) is 2. The van der Waals surface area contributed by atoms with Crippen molar-refractivity contribution >= 4 is 21.5 Å². The molecule has 0 atom stereocenters. The molecule has 1 aromatic heterocycles. The van der Waals surface area contributed by atoms with Crippen molar-refractivity contribution in [1.82, 2.24) is 9.71 Å². The molecule has 0 aliphatic carbocycles. The van der Waals surface area contributed by atoms with Crippen LogP contribution < -0.4 is 10.5 Å². The summed E-state index contributed by atoms with van der Waals surface area (Å²) in [7, 11) is -4.07. The largest absolute Gasteiger partial charge is 0.378 e. The van der Waals surface area contributed by atoms with E-state index in [1.807, 2.05) is 0 Å². The normalized spacial score (nSPS) is 11.2. The number of nitro groups is 1. The maximum atomic E-state index is 12.2. The number of rotatable bonds is 5. The average molecular weight is 308 g/mol. The minimum Gasteiger partial charge on any atom is -0.378 e. The molecule has 0 aliphatic rings. The van der Waals surface area contributed by atoms with Crippen LogP contribution in [0.1, 0.15) is 5.56 Å². The fourth-order valence-corrected chi connectivity index (χ4v) is 2.89. The third-order valence-corrected chi connectivity index (χ3v) is 4.13. The van der Waals surface area contributed by atoms with E-state index in [9.17, 15) is 18.5 Å². The highest BCUT2D eigenvalue weighted by atomic mass is 32.2. The molecule has 2 rings (SSSR count). The number of sulfonamides is 1. The van der Waals surface area contributed by atoms with E-state index in [0.717, 1.165) is 17.8 Å². The summed E-state index contributed by atoms with van der Waals surface area (Å²) in [6.45, 7) is 0.0164. The molecule has 0 radical (unpaired) electrons. The van der Waals surface area contributed by atoms with E-state index in [1.54, 1.807) is 30.3 Å². The molecule has 0 bridgehead atoms. The highest BCUT2D eigenvalue weighted by molar-refractivity contribution is 7.89. The number of anilines is 1. The van der Waals surface area contributed by atoms with Gasteiger partial charge < -0.3 is 5.73 Å². The van der Waals surface area contributed by atoms with Crippen LogP contribution in [0.25, 0.3) is 0 Å². The monoisotopic (exact) mass is 308 g/mol. The Labute approximate surface area is 120 Å². The predicted octanol–water partition coefficient (Wildman–Crippen LogP) is 1.05. The van der Waals surface area contributed by atoms with Crippen LogP contribution in [-0.4, -0.2) is 18.3 Å². The molecule has 9 heteroatoms. The first kappa shape index (κ1) is 14.9. The van der Waals surface area contributed by atoms with Crippen molar-refractivity contribution in [2.24, 2.45) is 0 Å². The summed E-state index contributed by atoms with van der Waals surface area (Å²) < 4.78 is 26.7. The number of nitrogens with two attached hydrogens (primary N) is 1. The fourth-order valence-electron chi connectivity index (χ4n) is 1.70. The molecule has 3 N–H and O–H groups in total. The summed E-state index contributed by atoms with van der Waals surface area (Å²) in [6.07, 6.45) is 1.11. The zero-order valence-corrected chi connectivity index (χ0v) is 11.6. The number of hydrogen-bond donors (Lipinski definition) is 2. The number of nitrogens with one attached hydrogen (secondary N) is 1. The lowest BCUT2D eigenvalue weighted by atomic mass is 10.2. The van der Waals surface area contributed by atoms with Gasteiger partial charge in [0.2, 0.25) is 15.8 Å². The Bertz CT molecular complexity index is 762. The minimum atomic E-state index is -4.07. The zero-order chi connectivity index (χ0) is 15.5. The minimum absolute atomic E-state index is 0.0164. The maximum Gasteiger partial charge on any atom is 0.331 e. The van der Waals surface area contributed by atoms with Gasteiger partial charge >= 0.3 is 5.69 Å². The summed E-state index contributed by atoms with van der Waals surface area (Å²) in [6, 6.07) is 9.83. The van der Waals surface area contributed by atoms with Crippen LogP contribution in [0.3, 0.4) is 0 Å². The van der Waals surface area contributed by atoms with Gasteiger partial charge in [0.15, 0.2) is 4.90 Å². The second-order valence-corrected chi connectivity index (χ2v) is 5.85. The Morgan fingerprint density at radius 2 is 1.90 bits per heavy atom. The third-order valence-electron chi connectivity index (χ3n) is 2.70. The Balaban J connectivity index is 2.32. The van der Waals surface area contributed by atoms with Crippen LogP contribution in [0, 0.1) is 10.1 Å². The van der Waals surface area contributed by atoms with Gasteiger partial charge in [-0.15, -0.1) is 0 Å². The molecule has 0 spiro atoms. The number of hydrogen-bond acceptors (Lipinski definition) is 6. The molecule has 0 unspecified atom stereocenters. The van der Waals surface area contributed by atoms with Gasteiger partial charge in [0.05, 0.1) is 4.92 Å². The molecule has 110 valence electrons. The smallest absolute Gasteiger partial charge is 0.331 e. The lowest BCUT2D eigenvalue weighted by Crippen LogP contribution is -2.24. The lowest BCUT2D eigenvalue weighted by molar-refractivity contribution is -0.387.